The fourth-order valence-electron chi connectivity index (χ4n) is 0.848. The Bertz CT molecular complexity index is 325. The van der Waals surface area contributed by atoms with E-state index >= 15 is 0 Å². The van der Waals surface area contributed by atoms with E-state index in [2.05, 4.69) is 10.5 Å². The van der Waals surface area contributed by atoms with Gasteiger partial charge in [0.05, 0.1) is 0 Å². The zero-order valence-electron chi connectivity index (χ0n) is 8.50. The minimum atomic E-state index is -1.06. The Labute approximate surface area is 82.1 Å². The minimum absolute atomic E-state index is 0.150. The molecule has 78 valence electrons. The number of anilines is 1. The third-order valence-electron chi connectivity index (χ3n) is 1.72. The van der Waals surface area contributed by atoms with Crippen LogP contribution in [-0.2, 0) is 10.4 Å². The third kappa shape index (κ3) is 2.56. The number of nitrogens with one attached hydrogen (secondary N) is 1. The topological polar surface area (TPSA) is 75.4 Å². The molecule has 5 heteroatoms. The molecule has 0 radical (unpaired) electrons. The fourth-order valence-corrected chi connectivity index (χ4v) is 0.848. The van der Waals surface area contributed by atoms with Gasteiger partial charge in [-0.2, -0.15) is 0 Å². The lowest BCUT2D eigenvalue weighted by atomic mass is 10.1. The highest BCUT2D eigenvalue weighted by molar-refractivity contribution is 5.89. The molecule has 0 aliphatic carbocycles. The summed E-state index contributed by atoms with van der Waals surface area (Å²) in [7, 11) is 0. The minimum Gasteiger partial charge on any atom is -0.384 e. The van der Waals surface area contributed by atoms with Crippen molar-refractivity contribution in [2.75, 3.05) is 5.32 Å². The highest BCUT2D eigenvalue weighted by Gasteiger charge is 2.21. The molecule has 1 aromatic heterocycles. The first-order valence-electron chi connectivity index (χ1n) is 4.43. The lowest BCUT2D eigenvalue weighted by Crippen LogP contribution is -2.15. The van der Waals surface area contributed by atoms with Gasteiger partial charge in [0.2, 0.25) is 11.8 Å². The number of amides is 1. The summed E-state index contributed by atoms with van der Waals surface area (Å²) in [6.07, 6.45) is 0.374. The van der Waals surface area contributed by atoms with Gasteiger partial charge in [-0.15, -0.1) is 0 Å². The summed E-state index contributed by atoms with van der Waals surface area (Å²) >= 11 is 0. The summed E-state index contributed by atoms with van der Waals surface area (Å²) in [6.45, 7) is 4.93. The Morgan fingerprint density at radius 2 is 2.36 bits per heavy atom. The molecular formula is C9H14N2O3. The van der Waals surface area contributed by atoms with Gasteiger partial charge >= 0.3 is 0 Å². The molecule has 14 heavy (non-hydrogen) atoms. The quantitative estimate of drug-likeness (QED) is 0.766. The first kappa shape index (κ1) is 10.7. The van der Waals surface area contributed by atoms with Gasteiger partial charge in [-0.05, 0) is 13.8 Å². The molecule has 1 rings (SSSR count). The number of carbonyl (C=O) groups excluding carboxylic acids is 1. The Balaban J connectivity index is 2.74. The molecule has 2 N–H and O–H groups in total. The molecule has 0 saturated carbocycles. The van der Waals surface area contributed by atoms with E-state index in [1.54, 1.807) is 20.8 Å². The van der Waals surface area contributed by atoms with Crippen LogP contribution >= 0.6 is 0 Å². The third-order valence-corrected chi connectivity index (χ3v) is 1.72. The Morgan fingerprint density at radius 3 is 2.79 bits per heavy atom. The molecule has 0 aromatic carbocycles. The predicted molar refractivity (Wildman–Crippen MR) is 50.7 cm³/mol. The van der Waals surface area contributed by atoms with Crippen LogP contribution in [-0.4, -0.2) is 16.2 Å². The monoisotopic (exact) mass is 198 g/mol. The number of carbonyl (C=O) groups is 1. The van der Waals surface area contributed by atoms with E-state index in [-0.39, 0.29) is 11.8 Å². The molecule has 1 amide bonds. The Morgan fingerprint density at radius 1 is 1.71 bits per heavy atom. The van der Waals surface area contributed by atoms with E-state index in [1.165, 1.54) is 6.07 Å². The molecule has 0 unspecified atom stereocenters. The van der Waals surface area contributed by atoms with Crippen LogP contribution in [0.2, 0.25) is 0 Å². The molecule has 0 fully saturated rings. The lowest BCUT2D eigenvalue weighted by Gasteiger charge is -2.11. The number of aromatic nitrogens is 1. The Kier molecular flexibility index (Phi) is 2.90. The largest absolute Gasteiger partial charge is 0.384 e. The van der Waals surface area contributed by atoms with Crippen LogP contribution in [0.25, 0.3) is 0 Å². The SMILES string of the molecule is CCC(=O)Nc1cc(C(C)(C)O)no1. The van der Waals surface area contributed by atoms with Gasteiger partial charge in [0.15, 0.2) is 0 Å². The van der Waals surface area contributed by atoms with Crippen LogP contribution in [0.1, 0.15) is 32.9 Å². The van der Waals surface area contributed by atoms with Gasteiger partial charge in [-0.1, -0.05) is 12.1 Å². The van der Waals surface area contributed by atoms with Gasteiger partial charge in [0.25, 0.3) is 0 Å². The maximum absolute atomic E-state index is 11.0. The van der Waals surface area contributed by atoms with Crippen molar-refractivity contribution in [1.29, 1.82) is 0 Å². The summed E-state index contributed by atoms with van der Waals surface area (Å²) in [5.74, 6) is 0.109. The van der Waals surface area contributed by atoms with Crippen LogP contribution in [0.3, 0.4) is 0 Å². The van der Waals surface area contributed by atoms with Crippen molar-refractivity contribution in [3.8, 4) is 0 Å². The average molecular weight is 198 g/mol. The van der Waals surface area contributed by atoms with E-state index in [0.29, 0.717) is 12.1 Å². The van der Waals surface area contributed by atoms with E-state index in [0.717, 1.165) is 0 Å². The second kappa shape index (κ2) is 3.79. The number of hydrogen-bond acceptors (Lipinski definition) is 4. The normalized spacial score (nSPS) is 11.4. The smallest absolute Gasteiger partial charge is 0.231 e. The van der Waals surface area contributed by atoms with E-state index in [4.69, 9.17) is 4.52 Å². The molecule has 0 saturated heterocycles. The van der Waals surface area contributed by atoms with Gasteiger partial charge in [0.1, 0.15) is 11.3 Å². The highest BCUT2D eigenvalue weighted by Crippen LogP contribution is 2.21. The molecule has 0 spiro atoms. The number of hydrogen-bond donors (Lipinski definition) is 2. The number of rotatable bonds is 3. The summed E-state index contributed by atoms with van der Waals surface area (Å²) in [4.78, 5) is 11.0. The summed E-state index contributed by atoms with van der Waals surface area (Å²) < 4.78 is 4.82. The van der Waals surface area contributed by atoms with Gasteiger partial charge < -0.3 is 9.63 Å². The van der Waals surface area contributed by atoms with Gasteiger partial charge in [-0.3, -0.25) is 10.1 Å². The predicted octanol–water partition coefficient (Wildman–Crippen LogP) is 1.25. The van der Waals surface area contributed by atoms with Crippen molar-refractivity contribution in [3.63, 3.8) is 0 Å². The van der Waals surface area contributed by atoms with Crippen molar-refractivity contribution in [1.82, 2.24) is 5.16 Å². The summed E-state index contributed by atoms with van der Waals surface area (Å²) in [5.41, 5.74) is -0.664. The standard InChI is InChI=1S/C9H14N2O3/c1-4-7(12)10-8-5-6(11-14-8)9(2,3)13/h5,13H,4H2,1-3H3,(H,10,12). The van der Waals surface area contributed by atoms with Crippen LogP contribution in [0.15, 0.2) is 10.6 Å². The van der Waals surface area contributed by atoms with Gasteiger partial charge in [0, 0.05) is 12.5 Å². The van der Waals surface area contributed by atoms with Crippen molar-refractivity contribution in [2.24, 2.45) is 0 Å². The van der Waals surface area contributed by atoms with Crippen LogP contribution in [0.4, 0.5) is 5.88 Å². The van der Waals surface area contributed by atoms with E-state index in [9.17, 15) is 9.90 Å². The van der Waals surface area contributed by atoms with Crippen LogP contribution in [0, 0.1) is 0 Å². The van der Waals surface area contributed by atoms with E-state index in [1.807, 2.05) is 0 Å². The second-order valence-corrected chi connectivity index (χ2v) is 3.54. The molecule has 0 atom stereocenters. The molecule has 0 aliphatic rings. The second-order valence-electron chi connectivity index (χ2n) is 3.54. The number of aliphatic hydroxyl groups is 1. The van der Waals surface area contributed by atoms with E-state index < -0.39 is 5.60 Å². The lowest BCUT2D eigenvalue weighted by molar-refractivity contribution is -0.116. The van der Waals surface area contributed by atoms with Crippen molar-refractivity contribution < 1.29 is 14.4 Å². The fraction of sp³-hybridized carbons (Fsp3) is 0.556. The molecule has 1 heterocycles. The summed E-state index contributed by atoms with van der Waals surface area (Å²) in [6, 6.07) is 1.51. The molecular weight excluding hydrogens is 184 g/mol. The maximum atomic E-state index is 11.0. The zero-order chi connectivity index (χ0) is 10.8. The first-order valence-corrected chi connectivity index (χ1v) is 4.43. The number of nitrogens with zero attached hydrogens (tertiary/aromatic N) is 1. The molecule has 0 bridgehead atoms. The molecule has 1 aromatic rings. The van der Waals surface area contributed by atoms with Crippen molar-refractivity contribution in [2.45, 2.75) is 32.8 Å². The highest BCUT2D eigenvalue weighted by atomic mass is 16.5. The first-order chi connectivity index (χ1) is 6.43. The molecule has 5 nitrogen and oxygen atoms in total. The maximum Gasteiger partial charge on any atom is 0.231 e. The zero-order valence-corrected chi connectivity index (χ0v) is 8.50. The molecule has 0 aliphatic heterocycles. The average Bonchev–Trinajstić information content (AvgIpc) is 2.51. The Hall–Kier alpha value is -1.36. The van der Waals surface area contributed by atoms with Crippen LogP contribution in [0.5, 0.6) is 0 Å². The summed E-state index contributed by atoms with van der Waals surface area (Å²) in [5, 5.41) is 15.7. The van der Waals surface area contributed by atoms with Gasteiger partial charge in [-0.25, -0.2) is 0 Å². The van der Waals surface area contributed by atoms with Crippen molar-refractivity contribution in [3.05, 3.63) is 11.8 Å². The van der Waals surface area contributed by atoms with Crippen molar-refractivity contribution >= 4 is 11.8 Å². The van der Waals surface area contributed by atoms with Crippen LogP contribution < -0.4 is 5.32 Å².